The predicted octanol–water partition coefficient (Wildman–Crippen LogP) is 1.37. The first-order valence-corrected chi connectivity index (χ1v) is 6.50. The summed E-state index contributed by atoms with van der Waals surface area (Å²) >= 11 is 0. The zero-order chi connectivity index (χ0) is 13.7. The van der Waals surface area contributed by atoms with Gasteiger partial charge in [-0.2, -0.15) is 0 Å². The number of amides is 1. The fourth-order valence-corrected chi connectivity index (χ4v) is 1.98. The summed E-state index contributed by atoms with van der Waals surface area (Å²) in [5.74, 6) is -0.0790. The number of hydrogen-bond donors (Lipinski definition) is 1. The normalized spacial score (nSPS) is 22.0. The van der Waals surface area contributed by atoms with E-state index in [0.717, 1.165) is 0 Å². The molecule has 0 spiro atoms. The molecular weight excluding hydrogens is 234 g/mol. The molecule has 1 fully saturated rings. The summed E-state index contributed by atoms with van der Waals surface area (Å²) < 4.78 is 5.26. The van der Waals surface area contributed by atoms with Gasteiger partial charge in [0.1, 0.15) is 0 Å². The van der Waals surface area contributed by atoms with Gasteiger partial charge in [-0.05, 0) is 11.8 Å². The van der Waals surface area contributed by atoms with Gasteiger partial charge in [0.05, 0.1) is 25.7 Å². The monoisotopic (exact) mass is 257 g/mol. The van der Waals surface area contributed by atoms with Crippen LogP contribution in [0, 0.1) is 11.8 Å². The zero-order valence-electron chi connectivity index (χ0n) is 11.4. The van der Waals surface area contributed by atoms with E-state index in [9.17, 15) is 9.59 Å². The van der Waals surface area contributed by atoms with Gasteiger partial charge in [0.25, 0.3) is 0 Å². The highest BCUT2D eigenvalue weighted by Gasteiger charge is 2.29. The largest absolute Gasteiger partial charge is 0.481 e. The van der Waals surface area contributed by atoms with Crippen molar-refractivity contribution in [1.29, 1.82) is 0 Å². The van der Waals surface area contributed by atoms with E-state index in [4.69, 9.17) is 9.84 Å². The Morgan fingerprint density at radius 3 is 2.61 bits per heavy atom. The van der Waals surface area contributed by atoms with Crippen LogP contribution in [0.4, 0.5) is 0 Å². The van der Waals surface area contributed by atoms with Crippen molar-refractivity contribution in [3.05, 3.63) is 0 Å². The number of ether oxygens (including phenoxy) is 1. The second kappa shape index (κ2) is 6.73. The van der Waals surface area contributed by atoms with Crippen LogP contribution >= 0.6 is 0 Å². The molecule has 0 aliphatic carbocycles. The maximum Gasteiger partial charge on any atom is 0.305 e. The average molecular weight is 257 g/mol. The lowest BCUT2D eigenvalue weighted by Gasteiger charge is -2.35. The molecule has 1 aliphatic rings. The first-order valence-electron chi connectivity index (χ1n) is 6.50. The van der Waals surface area contributed by atoms with Crippen molar-refractivity contribution >= 4 is 11.9 Å². The van der Waals surface area contributed by atoms with Crippen LogP contribution in [0.2, 0.25) is 0 Å². The van der Waals surface area contributed by atoms with Gasteiger partial charge in [0, 0.05) is 13.0 Å². The molecule has 0 aromatic carbocycles. The lowest BCUT2D eigenvalue weighted by atomic mass is 9.93. The van der Waals surface area contributed by atoms with Crippen molar-refractivity contribution in [1.82, 2.24) is 4.90 Å². The van der Waals surface area contributed by atoms with E-state index in [1.54, 1.807) is 4.90 Å². The van der Waals surface area contributed by atoms with Crippen LogP contribution in [0.1, 0.15) is 33.6 Å². The van der Waals surface area contributed by atoms with Crippen LogP contribution in [0.5, 0.6) is 0 Å². The number of hydrogen-bond acceptors (Lipinski definition) is 3. The van der Waals surface area contributed by atoms with E-state index in [-0.39, 0.29) is 18.4 Å². The molecule has 0 bridgehead atoms. The second-order valence-corrected chi connectivity index (χ2v) is 5.34. The molecular formula is C13H23NO4. The molecule has 0 aromatic rings. The smallest absolute Gasteiger partial charge is 0.305 e. The summed E-state index contributed by atoms with van der Waals surface area (Å²) in [7, 11) is 0. The maximum absolute atomic E-state index is 12.2. The lowest BCUT2D eigenvalue weighted by molar-refractivity contribution is -0.147. The molecule has 1 heterocycles. The quantitative estimate of drug-likeness (QED) is 0.807. The first kappa shape index (κ1) is 15.0. The topological polar surface area (TPSA) is 66.8 Å². The molecule has 1 N–H and O–H groups in total. The number of aliphatic carboxylic acids is 1. The van der Waals surface area contributed by atoms with E-state index in [1.165, 1.54) is 0 Å². The summed E-state index contributed by atoms with van der Waals surface area (Å²) in [5.41, 5.74) is 0. The van der Waals surface area contributed by atoms with Gasteiger partial charge in [-0.3, -0.25) is 9.59 Å². The van der Waals surface area contributed by atoms with Gasteiger partial charge < -0.3 is 14.7 Å². The van der Waals surface area contributed by atoms with E-state index in [1.807, 2.05) is 0 Å². The Hall–Kier alpha value is -1.10. The Morgan fingerprint density at radius 2 is 2.06 bits per heavy atom. The van der Waals surface area contributed by atoms with Crippen LogP contribution in [0.3, 0.4) is 0 Å². The number of rotatable bonds is 5. The van der Waals surface area contributed by atoms with Crippen molar-refractivity contribution in [2.24, 2.45) is 11.8 Å². The van der Waals surface area contributed by atoms with Crippen molar-refractivity contribution in [2.75, 3.05) is 19.8 Å². The number of morpholine rings is 1. The number of carboxylic acids is 1. The summed E-state index contributed by atoms with van der Waals surface area (Å²) in [6, 6.07) is -0.317. The SMILES string of the molecule is CC(C)C(C)CC(=O)N1CCOCC1CC(=O)O. The van der Waals surface area contributed by atoms with Crippen LogP contribution in [0.15, 0.2) is 0 Å². The highest BCUT2D eigenvalue weighted by atomic mass is 16.5. The van der Waals surface area contributed by atoms with Gasteiger partial charge in [-0.25, -0.2) is 0 Å². The third-order valence-corrected chi connectivity index (χ3v) is 3.59. The third kappa shape index (κ3) is 4.29. The Kier molecular flexibility index (Phi) is 5.59. The minimum absolute atomic E-state index is 0.0399. The summed E-state index contributed by atoms with van der Waals surface area (Å²) in [4.78, 5) is 24.6. The zero-order valence-corrected chi connectivity index (χ0v) is 11.4. The Balaban J connectivity index is 2.59. The molecule has 0 saturated carbocycles. The van der Waals surface area contributed by atoms with Crippen molar-refractivity contribution in [3.8, 4) is 0 Å². The number of nitrogens with zero attached hydrogens (tertiary/aromatic N) is 1. The fourth-order valence-electron chi connectivity index (χ4n) is 1.98. The second-order valence-electron chi connectivity index (χ2n) is 5.34. The molecule has 5 nitrogen and oxygen atoms in total. The molecule has 1 amide bonds. The number of carboxylic acid groups (broad SMARTS) is 1. The lowest BCUT2D eigenvalue weighted by Crippen LogP contribution is -2.50. The number of carbonyl (C=O) groups excluding carboxylic acids is 1. The molecule has 5 heteroatoms. The van der Waals surface area contributed by atoms with Gasteiger partial charge >= 0.3 is 5.97 Å². The molecule has 0 aromatic heterocycles. The Labute approximate surface area is 108 Å². The fraction of sp³-hybridized carbons (Fsp3) is 0.846. The highest BCUT2D eigenvalue weighted by molar-refractivity contribution is 5.78. The minimum Gasteiger partial charge on any atom is -0.481 e. The van der Waals surface area contributed by atoms with E-state index in [2.05, 4.69) is 20.8 Å². The average Bonchev–Trinajstić information content (AvgIpc) is 2.28. The van der Waals surface area contributed by atoms with Crippen LogP contribution < -0.4 is 0 Å². The van der Waals surface area contributed by atoms with E-state index < -0.39 is 5.97 Å². The molecule has 18 heavy (non-hydrogen) atoms. The summed E-state index contributed by atoms with van der Waals surface area (Å²) in [6.07, 6.45) is 0.440. The standard InChI is InChI=1S/C13H23NO4/c1-9(2)10(3)6-12(15)14-4-5-18-8-11(14)7-13(16)17/h9-11H,4-8H2,1-3H3,(H,16,17). The molecule has 2 unspecified atom stereocenters. The number of carbonyl (C=O) groups is 2. The summed E-state index contributed by atoms with van der Waals surface area (Å²) in [5, 5.41) is 8.84. The molecule has 2 atom stereocenters. The third-order valence-electron chi connectivity index (χ3n) is 3.59. The van der Waals surface area contributed by atoms with Crippen LogP contribution in [0.25, 0.3) is 0 Å². The van der Waals surface area contributed by atoms with E-state index in [0.29, 0.717) is 38.0 Å². The van der Waals surface area contributed by atoms with Gasteiger partial charge in [0.2, 0.25) is 5.91 Å². The van der Waals surface area contributed by atoms with Crippen molar-refractivity contribution in [2.45, 2.75) is 39.7 Å². The molecule has 104 valence electrons. The van der Waals surface area contributed by atoms with Crippen molar-refractivity contribution < 1.29 is 19.4 Å². The Bertz CT molecular complexity index is 303. The highest BCUT2D eigenvalue weighted by Crippen LogP contribution is 2.19. The summed E-state index contributed by atoms with van der Waals surface area (Å²) in [6.45, 7) is 7.56. The van der Waals surface area contributed by atoms with E-state index >= 15 is 0 Å². The first-order chi connectivity index (χ1) is 8.41. The molecule has 1 rings (SSSR count). The van der Waals surface area contributed by atoms with Crippen LogP contribution in [-0.2, 0) is 14.3 Å². The molecule has 1 aliphatic heterocycles. The van der Waals surface area contributed by atoms with Gasteiger partial charge in [0.15, 0.2) is 0 Å². The Morgan fingerprint density at radius 1 is 1.39 bits per heavy atom. The minimum atomic E-state index is -0.889. The van der Waals surface area contributed by atoms with Crippen LogP contribution in [-0.4, -0.2) is 47.7 Å². The molecule has 0 radical (unpaired) electrons. The molecule has 1 saturated heterocycles. The van der Waals surface area contributed by atoms with Gasteiger partial charge in [-0.1, -0.05) is 20.8 Å². The van der Waals surface area contributed by atoms with Crippen molar-refractivity contribution in [3.63, 3.8) is 0 Å². The van der Waals surface area contributed by atoms with Gasteiger partial charge in [-0.15, -0.1) is 0 Å². The predicted molar refractivity (Wildman–Crippen MR) is 67.2 cm³/mol. The maximum atomic E-state index is 12.2.